The Balaban J connectivity index is 1.14. The van der Waals surface area contributed by atoms with Gasteiger partial charge in [-0.2, -0.15) is 0 Å². The molecule has 11 rings (SSSR count). The van der Waals surface area contributed by atoms with Crippen molar-refractivity contribution in [1.29, 1.82) is 0 Å². The molecule has 0 radical (unpaired) electrons. The maximum atomic E-state index is 15.2. The largest absolute Gasteiger partial charge is 0.508 e. The predicted molar refractivity (Wildman–Crippen MR) is 270 cm³/mol. The van der Waals surface area contributed by atoms with E-state index in [-0.39, 0.29) is 74.7 Å². The minimum atomic E-state index is -1.19. The van der Waals surface area contributed by atoms with E-state index in [0.29, 0.717) is 33.6 Å². The normalized spacial score (nSPS) is 23.2. The van der Waals surface area contributed by atoms with Crippen molar-refractivity contribution in [3.05, 3.63) is 214 Å². The van der Waals surface area contributed by atoms with Crippen molar-refractivity contribution < 1.29 is 75.2 Å². The Morgan fingerprint density at radius 2 is 0.907 bits per heavy atom. The molecule has 15 nitrogen and oxygen atoms in total. The number of aromatic hydroxyl groups is 11. The van der Waals surface area contributed by atoms with Crippen molar-refractivity contribution in [2.24, 2.45) is 23.7 Å². The fourth-order valence-electron chi connectivity index (χ4n) is 11.6. The van der Waals surface area contributed by atoms with E-state index in [1.807, 2.05) is 0 Å². The summed E-state index contributed by atoms with van der Waals surface area (Å²) in [6, 6.07) is 40.4. The second-order valence-corrected chi connectivity index (χ2v) is 19.5. The second kappa shape index (κ2) is 19.1. The van der Waals surface area contributed by atoms with Gasteiger partial charge in [-0.1, -0.05) is 54.6 Å². The van der Waals surface area contributed by atoms with Crippen molar-refractivity contribution in [2.75, 3.05) is 0 Å². The molecular formula is C60H50O15. The Labute approximate surface area is 428 Å². The first-order valence-electron chi connectivity index (χ1n) is 24.2. The number of phenolic OH excluding ortho intramolecular Hbond substituents is 11. The predicted octanol–water partition coefficient (Wildman–Crippen LogP) is 10.6. The first kappa shape index (κ1) is 48.2. The van der Waals surface area contributed by atoms with Gasteiger partial charge in [0, 0.05) is 70.2 Å². The van der Waals surface area contributed by atoms with Crippen LogP contribution in [0.2, 0.25) is 0 Å². The summed E-state index contributed by atoms with van der Waals surface area (Å²) in [7, 11) is 0. The molecule has 0 bridgehead atoms. The first-order chi connectivity index (χ1) is 36.1. The molecule has 3 aliphatic rings. The molecule has 8 aromatic carbocycles. The van der Waals surface area contributed by atoms with Crippen LogP contribution in [0.1, 0.15) is 91.3 Å². The number of fused-ring (bicyclic) bond motifs is 3. The lowest BCUT2D eigenvalue weighted by Crippen LogP contribution is -2.34. The Kier molecular flexibility index (Phi) is 12.3. The van der Waals surface area contributed by atoms with Gasteiger partial charge in [0.15, 0.2) is 5.78 Å². The van der Waals surface area contributed by atoms with Crippen LogP contribution in [0.15, 0.2) is 164 Å². The van der Waals surface area contributed by atoms with Gasteiger partial charge in [0.25, 0.3) is 0 Å². The molecule has 3 aliphatic heterocycles. The van der Waals surface area contributed by atoms with Crippen molar-refractivity contribution in [2.45, 2.75) is 42.9 Å². The quantitative estimate of drug-likeness (QED) is 0.0538. The summed E-state index contributed by atoms with van der Waals surface area (Å²) in [5.41, 5.74) is 3.23. The van der Waals surface area contributed by atoms with Crippen LogP contribution in [0.25, 0.3) is 0 Å². The zero-order valence-electron chi connectivity index (χ0n) is 39.6. The Morgan fingerprint density at radius 3 is 1.51 bits per heavy atom. The smallest absolute Gasteiger partial charge is 0.173 e. The third kappa shape index (κ3) is 8.91. The van der Waals surface area contributed by atoms with Gasteiger partial charge in [-0.15, -0.1) is 0 Å². The molecule has 15 heteroatoms. The molecular weight excluding hydrogens is 961 g/mol. The van der Waals surface area contributed by atoms with Crippen LogP contribution in [0.5, 0.6) is 69.0 Å². The Hall–Kier alpha value is -9.05. The molecule has 3 heterocycles. The zero-order chi connectivity index (χ0) is 52.4. The van der Waals surface area contributed by atoms with E-state index in [9.17, 15) is 56.2 Å². The lowest BCUT2D eigenvalue weighted by Gasteiger charge is -2.40. The maximum Gasteiger partial charge on any atom is 0.173 e. The monoisotopic (exact) mass is 1010 g/mol. The molecule has 10 atom stereocenters. The number of ketones is 1. The summed E-state index contributed by atoms with van der Waals surface area (Å²) in [4.78, 5) is 15.2. The number of benzene rings is 8. The van der Waals surface area contributed by atoms with E-state index in [1.54, 1.807) is 60.7 Å². The average molecular weight is 1010 g/mol. The Morgan fingerprint density at radius 1 is 0.413 bits per heavy atom. The highest BCUT2D eigenvalue weighted by molar-refractivity contribution is 6.01. The van der Waals surface area contributed by atoms with Crippen LogP contribution in [-0.4, -0.2) is 62.0 Å². The summed E-state index contributed by atoms with van der Waals surface area (Å²) in [6.07, 6.45) is -4.82. The highest BCUT2D eigenvalue weighted by atomic mass is 16.5. The summed E-state index contributed by atoms with van der Waals surface area (Å²) >= 11 is 0. The van der Waals surface area contributed by atoms with Crippen LogP contribution in [0.4, 0.5) is 0 Å². The first-order valence-corrected chi connectivity index (χ1v) is 24.2. The number of carbonyl (C=O) groups excluding carboxylic acids is 1. The van der Waals surface area contributed by atoms with Crippen LogP contribution in [0, 0.1) is 23.7 Å². The van der Waals surface area contributed by atoms with Gasteiger partial charge in [0.2, 0.25) is 0 Å². The molecule has 8 aromatic rings. The van der Waals surface area contributed by atoms with Crippen molar-refractivity contribution in [3.8, 4) is 69.0 Å². The van der Waals surface area contributed by atoms with Crippen LogP contribution < -0.4 is 4.74 Å². The van der Waals surface area contributed by atoms with E-state index in [2.05, 4.69) is 0 Å². The molecule has 75 heavy (non-hydrogen) atoms. The minimum Gasteiger partial charge on any atom is -0.508 e. The third-order valence-electron chi connectivity index (χ3n) is 15.0. The lowest BCUT2D eigenvalue weighted by molar-refractivity contribution is -0.00737. The molecule has 380 valence electrons. The van der Waals surface area contributed by atoms with Crippen molar-refractivity contribution in [1.82, 2.24) is 0 Å². The topological polar surface area (TPSA) is 267 Å². The second-order valence-electron chi connectivity index (χ2n) is 19.5. The zero-order valence-corrected chi connectivity index (χ0v) is 39.6. The average Bonchev–Trinajstić information content (AvgIpc) is 3.98. The molecule has 11 N–H and O–H groups in total. The number of carbonyl (C=O) groups is 1. The fourth-order valence-corrected chi connectivity index (χ4v) is 11.6. The molecule has 0 aromatic heterocycles. The van der Waals surface area contributed by atoms with Gasteiger partial charge in [0.1, 0.15) is 75.1 Å². The standard InChI is InChI=1S/C60H50O15/c61-33-9-1-29(2-10-33)23-45-52(55(72)41-21-18-38(66)25-47(41)69)56(30-3-11-34(62)12-4-30)74-59(45)44-27-43(48(70)28-49(44)71)51(40-20-17-37(65)24-46(40)68)53-54-58(32-7-15-36(64)16-8-32)73-50-26-39(67)19-22-42(50)60(54)75-57(53)31-5-13-35(63)14-6-31/h1-22,24-28,45,51-54,56-71H,23H2/t45-,51-,52+,53-,54+,56+,57+,58+,59-,60-/m1/s1. The molecule has 0 amide bonds. The number of Topliss-reactive ketones (excluding diaryl/α,β-unsaturated/α-hetero) is 1. The van der Waals surface area contributed by atoms with Gasteiger partial charge >= 0.3 is 0 Å². The maximum absolute atomic E-state index is 15.2. The fraction of sp³-hybridized carbons (Fsp3) is 0.183. The number of hydrogen-bond acceptors (Lipinski definition) is 15. The van der Waals surface area contributed by atoms with E-state index in [4.69, 9.17) is 14.2 Å². The van der Waals surface area contributed by atoms with Gasteiger partial charge in [0.05, 0.1) is 35.9 Å². The molecule has 2 fully saturated rings. The summed E-state index contributed by atoms with van der Waals surface area (Å²) in [6.45, 7) is 0. The highest BCUT2D eigenvalue weighted by Gasteiger charge is 2.58. The van der Waals surface area contributed by atoms with Crippen LogP contribution >= 0.6 is 0 Å². The molecule has 0 spiro atoms. The number of hydrogen-bond donors (Lipinski definition) is 11. The highest BCUT2D eigenvalue weighted by Crippen LogP contribution is 2.65. The summed E-state index contributed by atoms with van der Waals surface area (Å²) < 4.78 is 21.1. The van der Waals surface area contributed by atoms with Gasteiger partial charge in [-0.3, -0.25) is 4.79 Å². The lowest BCUT2D eigenvalue weighted by atomic mass is 9.66. The van der Waals surface area contributed by atoms with Crippen LogP contribution in [0.3, 0.4) is 0 Å². The number of phenols is 11. The van der Waals surface area contributed by atoms with E-state index >= 15 is 4.79 Å². The van der Waals surface area contributed by atoms with Crippen molar-refractivity contribution >= 4 is 5.78 Å². The number of ether oxygens (including phenoxy) is 3. The molecule has 0 saturated carbocycles. The molecule has 0 aliphatic carbocycles. The van der Waals surface area contributed by atoms with Crippen molar-refractivity contribution in [3.63, 3.8) is 0 Å². The number of rotatable bonds is 11. The van der Waals surface area contributed by atoms with E-state index < -0.39 is 83.1 Å². The Bertz CT molecular complexity index is 3430. The minimum absolute atomic E-state index is 0.00640. The van der Waals surface area contributed by atoms with Gasteiger partial charge in [-0.25, -0.2) is 0 Å². The summed E-state index contributed by atoms with van der Waals surface area (Å²) in [5.74, 6) is -7.39. The molecule has 0 unspecified atom stereocenters. The molecule has 2 saturated heterocycles. The third-order valence-corrected chi connectivity index (χ3v) is 15.0. The van der Waals surface area contributed by atoms with E-state index in [0.717, 1.165) is 12.1 Å². The van der Waals surface area contributed by atoms with Gasteiger partial charge in [-0.05, 0) is 114 Å². The SMILES string of the molecule is O=C(c1ccc(O)cc1O)[C@@H]1[C@@H](Cc2ccc(O)cc2)[C@@H](c2cc([C@@H](c3ccc(O)cc3O)[C@@H]3[C@@H]4[C@H](O[C@H]3c3ccc(O)cc3)c3ccc(O)cc3O[C@H]4c3ccc(O)cc3)c(O)cc2O)O[C@H]1c1ccc(O)cc1. The van der Waals surface area contributed by atoms with Gasteiger partial charge < -0.3 is 70.4 Å². The summed E-state index contributed by atoms with van der Waals surface area (Å²) in [5, 5.41) is 121. The van der Waals surface area contributed by atoms with Crippen LogP contribution in [-0.2, 0) is 15.9 Å². The van der Waals surface area contributed by atoms with E-state index in [1.165, 1.54) is 91.0 Å².